The lowest BCUT2D eigenvalue weighted by molar-refractivity contribution is 0.0536. The first-order chi connectivity index (χ1) is 15.2. The molecule has 0 atom stereocenters. The van der Waals surface area contributed by atoms with Gasteiger partial charge in [-0.05, 0) is 35.3 Å². The minimum Gasteiger partial charge on any atom is -0.458 e. The van der Waals surface area contributed by atoms with Crippen molar-refractivity contribution in [2.24, 2.45) is 0 Å². The fourth-order valence-corrected chi connectivity index (χ4v) is 3.47. The van der Waals surface area contributed by atoms with Crippen molar-refractivity contribution in [2.45, 2.75) is 32.1 Å². The molecule has 0 aromatic heterocycles. The third-order valence-electron chi connectivity index (χ3n) is 5.09. The van der Waals surface area contributed by atoms with Crippen molar-refractivity contribution in [3.63, 3.8) is 0 Å². The summed E-state index contributed by atoms with van der Waals surface area (Å²) in [4.78, 5) is 12.8. The molecule has 0 heterocycles. The molecule has 0 N–H and O–H groups in total. The third-order valence-corrected chi connectivity index (χ3v) is 5.09. The Balaban J connectivity index is 1.74. The highest BCUT2D eigenvalue weighted by atomic mass is 16.5. The Bertz CT molecular complexity index is 1020. The number of rotatable bonds is 8. The zero-order valence-corrected chi connectivity index (χ0v) is 18.0. The number of carbonyl (C=O) groups is 1. The average Bonchev–Trinajstić information content (AvgIpc) is 2.82. The summed E-state index contributed by atoms with van der Waals surface area (Å²) in [6.07, 6.45) is 2.98. The molecular formula is C29H28O2. The van der Waals surface area contributed by atoms with E-state index in [1.54, 1.807) is 6.07 Å². The standard InChI is InChI=1S/C29H28O2/c1-3-4-5-8-15-24-16-13-14-21-27(24)29(30)31-22-23(2)28(25-17-9-6-10-18-25)26-19-11-7-12-20-26/h6-7,9-14,16-21,28H,2-5,22H2,1H3. The van der Waals surface area contributed by atoms with Gasteiger partial charge >= 0.3 is 5.97 Å². The van der Waals surface area contributed by atoms with Crippen molar-refractivity contribution < 1.29 is 9.53 Å². The molecule has 0 unspecified atom stereocenters. The van der Waals surface area contributed by atoms with Gasteiger partial charge in [0.05, 0.1) is 5.56 Å². The van der Waals surface area contributed by atoms with E-state index in [2.05, 4.69) is 49.6 Å². The second-order valence-electron chi connectivity index (χ2n) is 7.44. The molecule has 0 spiro atoms. The van der Waals surface area contributed by atoms with Crippen LogP contribution in [-0.2, 0) is 4.74 Å². The summed E-state index contributed by atoms with van der Waals surface area (Å²) in [5, 5.41) is 0. The van der Waals surface area contributed by atoms with E-state index in [9.17, 15) is 4.79 Å². The van der Waals surface area contributed by atoms with Crippen LogP contribution in [-0.4, -0.2) is 12.6 Å². The van der Waals surface area contributed by atoms with Gasteiger partial charge in [0.2, 0.25) is 0 Å². The lowest BCUT2D eigenvalue weighted by Crippen LogP contribution is -2.14. The van der Waals surface area contributed by atoms with Gasteiger partial charge in [0, 0.05) is 17.9 Å². The van der Waals surface area contributed by atoms with Crippen molar-refractivity contribution in [2.75, 3.05) is 6.61 Å². The van der Waals surface area contributed by atoms with Crippen LogP contribution in [0.5, 0.6) is 0 Å². The summed E-state index contributed by atoms with van der Waals surface area (Å²) >= 11 is 0. The Kier molecular flexibility index (Phi) is 8.26. The maximum absolute atomic E-state index is 12.8. The molecule has 0 amide bonds. The Labute approximate surface area is 185 Å². The van der Waals surface area contributed by atoms with E-state index in [0.29, 0.717) is 11.1 Å². The first kappa shape index (κ1) is 22.1. The molecule has 0 aliphatic carbocycles. The predicted octanol–water partition coefficient (Wildman–Crippen LogP) is 6.77. The molecule has 0 radical (unpaired) electrons. The maximum Gasteiger partial charge on any atom is 0.339 e. The highest BCUT2D eigenvalue weighted by molar-refractivity contribution is 5.92. The predicted molar refractivity (Wildman–Crippen MR) is 127 cm³/mol. The highest BCUT2D eigenvalue weighted by Gasteiger charge is 2.19. The van der Waals surface area contributed by atoms with Crippen LogP contribution in [0, 0.1) is 11.8 Å². The molecule has 0 aliphatic heterocycles. The van der Waals surface area contributed by atoms with Gasteiger partial charge in [0.15, 0.2) is 0 Å². The molecule has 3 aromatic carbocycles. The molecule has 2 nitrogen and oxygen atoms in total. The van der Waals surface area contributed by atoms with Gasteiger partial charge in [0.25, 0.3) is 0 Å². The van der Waals surface area contributed by atoms with E-state index in [4.69, 9.17) is 4.74 Å². The van der Waals surface area contributed by atoms with Crippen molar-refractivity contribution in [3.8, 4) is 11.8 Å². The van der Waals surface area contributed by atoms with Crippen LogP contribution < -0.4 is 0 Å². The van der Waals surface area contributed by atoms with Gasteiger partial charge in [-0.1, -0.05) is 105 Å². The maximum atomic E-state index is 12.8. The molecule has 3 aromatic rings. The van der Waals surface area contributed by atoms with Crippen LogP contribution in [0.1, 0.15) is 59.2 Å². The smallest absolute Gasteiger partial charge is 0.339 e. The molecule has 3 rings (SSSR count). The van der Waals surface area contributed by atoms with Gasteiger partial charge in [-0.15, -0.1) is 0 Å². The molecule has 2 heteroatoms. The molecule has 31 heavy (non-hydrogen) atoms. The third kappa shape index (κ3) is 6.20. The first-order valence-electron chi connectivity index (χ1n) is 10.7. The van der Waals surface area contributed by atoms with E-state index in [-0.39, 0.29) is 18.5 Å². The molecule has 0 saturated heterocycles. The van der Waals surface area contributed by atoms with E-state index in [1.165, 1.54) is 0 Å². The summed E-state index contributed by atoms with van der Waals surface area (Å²) in [6, 6.07) is 27.7. The number of carbonyl (C=O) groups excluding carboxylic acids is 1. The second kappa shape index (κ2) is 11.6. The van der Waals surface area contributed by atoms with Crippen LogP contribution in [0.4, 0.5) is 0 Å². The molecule has 0 bridgehead atoms. The van der Waals surface area contributed by atoms with Crippen molar-refractivity contribution in [3.05, 3.63) is 119 Å². The Morgan fingerprint density at radius 2 is 1.48 bits per heavy atom. The minimum atomic E-state index is -0.374. The lowest BCUT2D eigenvalue weighted by atomic mass is 9.86. The van der Waals surface area contributed by atoms with Crippen LogP contribution in [0.25, 0.3) is 0 Å². The van der Waals surface area contributed by atoms with Gasteiger partial charge < -0.3 is 4.74 Å². The van der Waals surface area contributed by atoms with Crippen molar-refractivity contribution in [1.29, 1.82) is 0 Å². The van der Waals surface area contributed by atoms with E-state index in [0.717, 1.165) is 36.0 Å². The minimum absolute atomic E-state index is 0.0423. The topological polar surface area (TPSA) is 26.3 Å². The highest BCUT2D eigenvalue weighted by Crippen LogP contribution is 2.31. The first-order valence-corrected chi connectivity index (χ1v) is 10.7. The fraction of sp³-hybridized carbons (Fsp3) is 0.207. The monoisotopic (exact) mass is 408 g/mol. The fourth-order valence-electron chi connectivity index (χ4n) is 3.47. The summed E-state index contributed by atoms with van der Waals surface area (Å²) in [7, 11) is 0. The van der Waals surface area contributed by atoms with Crippen LogP contribution in [0.15, 0.2) is 97.1 Å². The van der Waals surface area contributed by atoms with E-state index >= 15 is 0 Å². The summed E-state index contributed by atoms with van der Waals surface area (Å²) < 4.78 is 5.68. The van der Waals surface area contributed by atoms with Crippen molar-refractivity contribution >= 4 is 5.97 Å². The van der Waals surface area contributed by atoms with Gasteiger partial charge in [0.1, 0.15) is 6.61 Å². The normalized spacial score (nSPS) is 10.3. The summed E-state index contributed by atoms with van der Waals surface area (Å²) in [5.74, 6) is 5.85. The summed E-state index contributed by atoms with van der Waals surface area (Å²) in [6.45, 7) is 6.54. The molecular weight excluding hydrogens is 380 g/mol. The molecule has 156 valence electrons. The lowest BCUT2D eigenvalue weighted by Gasteiger charge is -2.21. The molecule has 0 saturated carbocycles. The van der Waals surface area contributed by atoms with Crippen molar-refractivity contribution in [1.82, 2.24) is 0 Å². The Morgan fingerprint density at radius 3 is 2.10 bits per heavy atom. The van der Waals surface area contributed by atoms with Gasteiger partial charge in [-0.3, -0.25) is 0 Å². The zero-order valence-electron chi connectivity index (χ0n) is 18.0. The number of hydrogen-bond acceptors (Lipinski definition) is 2. The number of hydrogen-bond donors (Lipinski definition) is 0. The SMILES string of the molecule is C=C(COC(=O)c1ccccc1C#CCCCC)C(c1ccccc1)c1ccccc1. The van der Waals surface area contributed by atoms with Crippen LogP contribution >= 0.6 is 0 Å². The number of unbranched alkanes of at least 4 members (excludes halogenated alkanes) is 2. The largest absolute Gasteiger partial charge is 0.458 e. The number of ether oxygens (including phenoxy) is 1. The zero-order chi connectivity index (χ0) is 21.9. The van der Waals surface area contributed by atoms with Gasteiger partial charge in [-0.2, -0.15) is 0 Å². The van der Waals surface area contributed by atoms with E-state index < -0.39 is 0 Å². The van der Waals surface area contributed by atoms with Crippen LogP contribution in [0.2, 0.25) is 0 Å². The van der Waals surface area contributed by atoms with Crippen LogP contribution in [0.3, 0.4) is 0 Å². The molecule has 0 aliphatic rings. The number of esters is 1. The van der Waals surface area contributed by atoms with E-state index in [1.807, 2.05) is 54.6 Å². The number of benzene rings is 3. The average molecular weight is 409 g/mol. The Hall–Kier alpha value is -3.57. The summed E-state index contributed by atoms with van der Waals surface area (Å²) in [5.41, 5.74) is 4.28. The Morgan fingerprint density at radius 1 is 0.903 bits per heavy atom. The van der Waals surface area contributed by atoms with Gasteiger partial charge in [-0.25, -0.2) is 4.79 Å². The quantitative estimate of drug-likeness (QED) is 0.178. The second-order valence-corrected chi connectivity index (χ2v) is 7.44. The molecule has 0 fully saturated rings.